The van der Waals surface area contributed by atoms with Gasteiger partial charge in [-0.2, -0.15) is 0 Å². The largest absolute Gasteiger partial charge is 0.370 e. The topological polar surface area (TPSA) is 70.7 Å². The molecule has 5 nitrogen and oxygen atoms in total. The summed E-state index contributed by atoms with van der Waals surface area (Å²) in [7, 11) is 0. The van der Waals surface area contributed by atoms with Crippen LogP contribution in [0.5, 0.6) is 0 Å². The number of likely N-dealkylation sites (tertiary alicyclic amines) is 1. The van der Waals surface area contributed by atoms with Gasteiger partial charge in [0.1, 0.15) is 0 Å². The number of hydrogen-bond donors (Lipinski definition) is 2. The van der Waals surface area contributed by atoms with Crippen LogP contribution < -0.4 is 11.1 Å². The van der Waals surface area contributed by atoms with Crippen LogP contribution in [0.25, 0.3) is 0 Å². The summed E-state index contributed by atoms with van der Waals surface area (Å²) in [5, 5.41) is 3.11. The molecule has 1 saturated carbocycles. The molecule has 20 heavy (non-hydrogen) atoms. The second kappa shape index (κ2) is 6.02. The Hall–Kier alpha value is -1.26. The first kappa shape index (κ1) is 13.7. The van der Waals surface area contributed by atoms with Crippen molar-refractivity contribution >= 4 is 11.9 Å². The van der Waals surface area contributed by atoms with Gasteiger partial charge in [0, 0.05) is 25.6 Å². The summed E-state index contributed by atoms with van der Waals surface area (Å²) in [6.07, 6.45) is 8.96. The summed E-state index contributed by atoms with van der Waals surface area (Å²) in [4.78, 5) is 18.4. The smallest absolute Gasteiger partial charge is 0.220 e. The van der Waals surface area contributed by atoms with Crippen molar-refractivity contribution in [1.29, 1.82) is 0 Å². The molecule has 3 N–H and O–H groups in total. The Bertz CT molecular complexity index is 389. The van der Waals surface area contributed by atoms with E-state index in [1.54, 1.807) is 0 Å². The number of guanidine groups is 1. The van der Waals surface area contributed by atoms with E-state index in [0.29, 0.717) is 24.4 Å². The van der Waals surface area contributed by atoms with Crippen molar-refractivity contribution in [3.63, 3.8) is 0 Å². The van der Waals surface area contributed by atoms with E-state index in [-0.39, 0.29) is 5.91 Å². The standard InChI is InChI=1S/C15H26N4O/c16-15(17-12-4-2-1-3-5-12)19-9-8-13-11(10-19)6-7-14(20)18-13/h11-13H,1-10H2,(H2,16,17)(H,18,20). The highest BCUT2D eigenvalue weighted by molar-refractivity contribution is 5.79. The van der Waals surface area contributed by atoms with Crippen LogP contribution in [0.2, 0.25) is 0 Å². The monoisotopic (exact) mass is 278 g/mol. The first-order valence-corrected chi connectivity index (χ1v) is 8.10. The van der Waals surface area contributed by atoms with Crippen LogP contribution in [0.15, 0.2) is 4.99 Å². The molecule has 2 heterocycles. The van der Waals surface area contributed by atoms with E-state index in [1.165, 1.54) is 32.1 Å². The van der Waals surface area contributed by atoms with Crippen molar-refractivity contribution in [3.05, 3.63) is 0 Å². The molecule has 112 valence electrons. The van der Waals surface area contributed by atoms with Crippen LogP contribution in [-0.2, 0) is 4.79 Å². The Morgan fingerprint density at radius 2 is 2.00 bits per heavy atom. The summed E-state index contributed by atoms with van der Waals surface area (Å²) in [5.74, 6) is 1.48. The number of carbonyl (C=O) groups excluding carboxylic acids is 1. The van der Waals surface area contributed by atoms with Gasteiger partial charge in [-0.25, -0.2) is 4.99 Å². The van der Waals surface area contributed by atoms with Gasteiger partial charge >= 0.3 is 0 Å². The predicted octanol–water partition coefficient (Wildman–Crippen LogP) is 1.23. The van der Waals surface area contributed by atoms with Crippen molar-refractivity contribution in [2.24, 2.45) is 16.6 Å². The molecule has 0 aromatic carbocycles. The highest BCUT2D eigenvalue weighted by Crippen LogP contribution is 2.26. The molecule has 0 bridgehead atoms. The van der Waals surface area contributed by atoms with Gasteiger partial charge in [-0.1, -0.05) is 19.3 Å². The SMILES string of the molecule is NC(=NC1CCCCC1)N1CCC2NC(=O)CCC2C1. The third-order valence-corrected chi connectivity index (χ3v) is 5.04. The number of aliphatic imine (C=N–C) groups is 1. The highest BCUT2D eigenvalue weighted by Gasteiger charge is 2.34. The van der Waals surface area contributed by atoms with Crippen LogP contribution in [0, 0.1) is 5.92 Å². The number of amides is 1. The molecule has 3 rings (SSSR count). The van der Waals surface area contributed by atoms with E-state index in [1.807, 2.05) is 0 Å². The van der Waals surface area contributed by atoms with E-state index >= 15 is 0 Å². The summed E-state index contributed by atoms with van der Waals surface area (Å²) in [6.45, 7) is 1.87. The predicted molar refractivity (Wildman–Crippen MR) is 79.3 cm³/mol. The lowest BCUT2D eigenvalue weighted by atomic mass is 9.85. The van der Waals surface area contributed by atoms with Crippen LogP contribution in [0.4, 0.5) is 0 Å². The molecular weight excluding hydrogens is 252 g/mol. The molecular formula is C15H26N4O. The maximum Gasteiger partial charge on any atom is 0.220 e. The van der Waals surface area contributed by atoms with Gasteiger partial charge in [0.15, 0.2) is 5.96 Å². The fraction of sp³-hybridized carbons (Fsp3) is 0.867. The highest BCUT2D eigenvalue weighted by atomic mass is 16.1. The Balaban J connectivity index is 1.58. The number of piperidine rings is 2. The van der Waals surface area contributed by atoms with Gasteiger partial charge in [0.25, 0.3) is 0 Å². The third kappa shape index (κ3) is 3.07. The summed E-state index contributed by atoms with van der Waals surface area (Å²) in [6, 6.07) is 0.794. The Kier molecular flexibility index (Phi) is 4.13. The fourth-order valence-electron chi connectivity index (χ4n) is 3.80. The number of nitrogens with zero attached hydrogens (tertiary/aromatic N) is 2. The van der Waals surface area contributed by atoms with Crippen molar-refractivity contribution in [3.8, 4) is 0 Å². The molecule has 2 saturated heterocycles. The average molecular weight is 278 g/mol. The lowest BCUT2D eigenvalue weighted by molar-refractivity contribution is -0.125. The van der Waals surface area contributed by atoms with Gasteiger partial charge < -0.3 is 16.0 Å². The maximum absolute atomic E-state index is 11.4. The average Bonchev–Trinajstić information content (AvgIpc) is 2.47. The van der Waals surface area contributed by atoms with Crippen molar-refractivity contribution in [1.82, 2.24) is 10.2 Å². The normalized spacial score (nSPS) is 32.7. The molecule has 2 atom stereocenters. The Morgan fingerprint density at radius 1 is 1.20 bits per heavy atom. The summed E-state index contributed by atoms with van der Waals surface area (Å²) in [5.41, 5.74) is 6.22. The second-order valence-electron chi connectivity index (χ2n) is 6.49. The summed E-state index contributed by atoms with van der Waals surface area (Å²) < 4.78 is 0. The van der Waals surface area contributed by atoms with E-state index < -0.39 is 0 Å². The minimum Gasteiger partial charge on any atom is -0.370 e. The number of nitrogens with two attached hydrogens (primary N) is 1. The van der Waals surface area contributed by atoms with Gasteiger partial charge in [-0.15, -0.1) is 0 Å². The zero-order valence-electron chi connectivity index (χ0n) is 12.2. The fourth-order valence-corrected chi connectivity index (χ4v) is 3.80. The quantitative estimate of drug-likeness (QED) is 0.560. The molecule has 0 spiro atoms. The zero-order chi connectivity index (χ0) is 13.9. The molecule has 0 radical (unpaired) electrons. The number of hydrogen-bond acceptors (Lipinski definition) is 2. The maximum atomic E-state index is 11.4. The lowest BCUT2D eigenvalue weighted by Crippen LogP contribution is -2.56. The van der Waals surface area contributed by atoms with E-state index in [9.17, 15) is 4.79 Å². The summed E-state index contributed by atoms with van der Waals surface area (Å²) >= 11 is 0. The van der Waals surface area contributed by atoms with Crippen LogP contribution in [0.3, 0.4) is 0 Å². The van der Waals surface area contributed by atoms with Crippen molar-refractivity contribution < 1.29 is 4.79 Å². The molecule has 3 aliphatic rings. The van der Waals surface area contributed by atoms with E-state index in [0.717, 1.165) is 31.9 Å². The van der Waals surface area contributed by atoms with Gasteiger partial charge in [0.05, 0.1) is 6.04 Å². The Morgan fingerprint density at radius 3 is 2.80 bits per heavy atom. The molecule has 1 amide bonds. The first-order valence-electron chi connectivity index (χ1n) is 8.10. The van der Waals surface area contributed by atoms with Crippen LogP contribution in [-0.4, -0.2) is 41.9 Å². The third-order valence-electron chi connectivity index (χ3n) is 5.04. The Labute approximate surface area is 121 Å². The molecule has 1 aliphatic carbocycles. The van der Waals surface area contributed by atoms with Crippen molar-refractivity contribution in [2.75, 3.05) is 13.1 Å². The molecule has 2 aliphatic heterocycles. The zero-order valence-corrected chi connectivity index (χ0v) is 12.2. The van der Waals surface area contributed by atoms with E-state index in [4.69, 9.17) is 10.7 Å². The molecule has 3 fully saturated rings. The number of rotatable bonds is 1. The van der Waals surface area contributed by atoms with Gasteiger partial charge in [0.2, 0.25) is 5.91 Å². The molecule has 2 unspecified atom stereocenters. The number of fused-ring (bicyclic) bond motifs is 1. The number of carbonyl (C=O) groups is 1. The lowest BCUT2D eigenvalue weighted by Gasteiger charge is -2.42. The van der Waals surface area contributed by atoms with Crippen LogP contribution >= 0.6 is 0 Å². The number of nitrogens with one attached hydrogen (secondary N) is 1. The minimum absolute atomic E-state index is 0.212. The van der Waals surface area contributed by atoms with E-state index in [2.05, 4.69) is 10.2 Å². The minimum atomic E-state index is 0.212. The van der Waals surface area contributed by atoms with Crippen molar-refractivity contribution in [2.45, 2.75) is 63.5 Å². The first-order chi connectivity index (χ1) is 9.72. The molecule has 5 heteroatoms. The molecule has 0 aromatic heterocycles. The molecule has 0 aromatic rings. The second-order valence-corrected chi connectivity index (χ2v) is 6.49. The van der Waals surface area contributed by atoms with Gasteiger partial charge in [-0.05, 0) is 31.6 Å². The van der Waals surface area contributed by atoms with Crippen LogP contribution in [0.1, 0.15) is 51.4 Å². The van der Waals surface area contributed by atoms with Gasteiger partial charge in [-0.3, -0.25) is 4.79 Å².